The molecule has 23 heavy (non-hydrogen) atoms. The molecule has 6 heteroatoms. The third-order valence-corrected chi connectivity index (χ3v) is 4.99. The molecule has 4 nitrogen and oxygen atoms in total. The van der Waals surface area contributed by atoms with Crippen LogP contribution in [0.15, 0.2) is 18.2 Å². The number of hydrogen-bond donors (Lipinski definition) is 1. The summed E-state index contributed by atoms with van der Waals surface area (Å²) >= 11 is 9.36. The molecule has 0 bridgehead atoms. The molecule has 1 N–H and O–H groups in total. The van der Waals surface area contributed by atoms with Crippen molar-refractivity contribution in [1.29, 1.82) is 0 Å². The van der Waals surface area contributed by atoms with Crippen LogP contribution in [0, 0.1) is 5.41 Å². The van der Waals surface area contributed by atoms with E-state index in [4.69, 9.17) is 16.3 Å². The van der Waals surface area contributed by atoms with E-state index in [0.29, 0.717) is 27.9 Å². The van der Waals surface area contributed by atoms with Crippen LogP contribution in [0.25, 0.3) is 0 Å². The number of nitrogens with zero attached hydrogens (tertiary/aromatic N) is 1. The van der Waals surface area contributed by atoms with Gasteiger partial charge in [-0.2, -0.15) is 0 Å². The van der Waals surface area contributed by atoms with Crippen molar-refractivity contribution in [1.82, 2.24) is 0 Å². The van der Waals surface area contributed by atoms with E-state index in [0.717, 1.165) is 31.6 Å². The first-order valence-electron chi connectivity index (χ1n) is 7.82. The van der Waals surface area contributed by atoms with Crippen LogP contribution in [-0.2, 0) is 4.79 Å². The molecule has 0 radical (unpaired) electrons. The monoisotopic (exact) mass is 403 g/mol. The lowest BCUT2D eigenvalue weighted by molar-refractivity contribution is -0.145. The van der Waals surface area contributed by atoms with Gasteiger partial charge in [0, 0.05) is 35.9 Å². The molecule has 1 heterocycles. The zero-order valence-electron chi connectivity index (χ0n) is 13.5. The van der Waals surface area contributed by atoms with E-state index in [-0.39, 0.29) is 0 Å². The van der Waals surface area contributed by atoms with E-state index in [1.54, 1.807) is 6.07 Å². The minimum absolute atomic E-state index is 0.351. The van der Waals surface area contributed by atoms with Crippen LogP contribution in [-0.4, -0.2) is 35.6 Å². The van der Waals surface area contributed by atoms with E-state index in [1.807, 2.05) is 12.1 Å². The number of carboxylic acids is 1. The van der Waals surface area contributed by atoms with Crippen molar-refractivity contribution < 1.29 is 14.6 Å². The summed E-state index contributed by atoms with van der Waals surface area (Å²) in [6.45, 7) is 6.42. The standard InChI is InChI=1S/C17H23BrClNO3/c1-17(2)6-9-20(10-7-17)13-4-3-12(19)11-15(13)23-14(5-8-18)16(21)22/h3-4,11,14H,5-10H2,1-2H3,(H,21,22). The molecule has 1 aromatic rings. The number of ether oxygens (including phenoxy) is 1. The number of carbonyl (C=O) groups is 1. The molecular formula is C17H23BrClNO3. The second-order valence-corrected chi connectivity index (χ2v) is 7.92. The number of rotatable bonds is 6. The van der Waals surface area contributed by atoms with Gasteiger partial charge < -0.3 is 14.7 Å². The van der Waals surface area contributed by atoms with Crippen molar-refractivity contribution in [3.8, 4) is 5.75 Å². The first kappa shape index (κ1) is 18.4. The van der Waals surface area contributed by atoms with Gasteiger partial charge in [-0.15, -0.1) is 0 Å². The summed E-state index contributed by atoms with van der Waals surface area (Å²) < 4.78 is 5.78. The molecule has 1 aromatic carbocycles. The Balaban J connectivity index is 2.22. The van der Waals surface area contributed by atoms with Crippen LogP contribution in [0.2, 0.25) is 5.02 Å². The molecule has 2 rings (SSSR count). The maximum Gasteiger partial charge on any atom is 0.344 e. The number of halogens is 2. The van der Waals surface area contributed by atoms with Gasteiger partial charge in [-0.05, 0) is 30.4 Å². The summed E-state index contributed by atoms with van der Waals surface area (Å²) in [7, 11) is 0. The van der Waals surface area contributed by atoms with Gasteiger partial charge in [0.1, 0.15) is 5.75 Å². The maximum absolute atomic E-state index is 11.4. The van der Waals surface area contributed by atoms with Crippen LogP contribution >= 0.6 is 27.5 Å². The topological polar surface area (TPSA) is 49.8 Å². The lowest BCUT2D eigenvalue weighted by Crippen LogP contribution is -2.38. The van der Waals surface area contributed by atoms with Crippen LogP contribution in [0.4, 0.5) is 5.69 Å². The highest BCUT2D eigenvalue weighted by atomic mass is 79.9. The van der Waals surface area contributed by atoms with E-state index >= 15 is 0 Å². The first-order chi connectivity index (χ1) is 10.8. The average Bonchev–Trinajstić information content (AvgIpc) is 2.47. The quantitative estimate of drug-likeness (QED) is 0.705. The van der Waals surface area contributed by atoms with Crippen molar-refractivity contribution in [2.24, 2.45) is 5.41 Å². The number of alkyl halides is 1. The van der Waals surface area contributed by atoms with Gasteiger partial charge in [-0.1, -0.05) is 41.4 Å². The zero-order valence-corrected chi connectivity index (χ0v) is 15.9. The van der Waals surface area contributed by atoms with Crippen LogP contribution in [0.1, 0.15) is 33.1 Å². The third kappa shape index (κ3) is 5.01. The highest BCUT2D eigenvalue weighted by Gasteiger charge is 2.28. The molecule has 1 saturated heterocycles. The van der Waals surface area contributed by atoms with Crippen molar-refractivity contribution in [3.05, 3.63) is 23.2 Å². The SMILES string of the molecule is CC1(C)CCN(c2ccc(Cl)cc2OC(CCBr)C(=O)O)CC1. The largest absolute Gasteiger partial charge is 0.479 e. The number of carboxylic acid groups (broad SMARTS) is 1. The predicted molar refractivity (Wildman–Crippen MR) is 97.1 cm³/mol. The van der Waals surface area contributed by atoms with Crippen LogP contribution in [0.5, 0.6) is 5.75 Å². The molecule has 0 spiro atoms. The molecule has 1 atom stereocenters. The fourth-order valence-electron chi connectivity index (χ4n) is 2.68. The lowest BCUT2D eigenvalue weighted by Gasteiger charge is -2.39. The second-order valence-electron chi connectivity index (χ2n) is 6.69. The molecule has 0 amide bonds. The van der Waals surface area contributed by atoms with Crippen molar-refractivity contribution in [2.75, 3.05) is 23.3 Å². The average molecular weight is 405 g/mol. The minimum atomic E-state index is -0.963. The number of benzene rings is 1. The Morgan fingerprint density at radius 2 is 2.09 bits per heavy atom. The molecule has 0 aliphatic carbocycles. The second kappa shape index (κ2) is 7.75. The van der Waals surface area contributed by atoms with Crippen LogP contribution in [0.3, 0.4) is 0 Å². The van der Waals surface area contributed by atoms with Gasteiger partial charge in [0.2, 0.25) is 0 Å². The summed E-state index contributed by atoms with van der Waals surface area (Å²) in [4.78, 5) is 13.6. The molecule has 1 unspecified atom stereocenters. The highest BCUT2D eigenvalue weighted by molar-refractivity contribution is 9.09. The number of hydrogen-bond acceptors (Lipinski definition) is 3. The van der Waals surface area contributed by atoms with E-state index in [2.05, 4.69) is 34.7 Å². The van der Waals surface area contributed by atoms with Crippen molar-refractivity contribution >= 4 is 39.2 Å². The Labute approximate surface area is 150 Å². The van der Waals surface area contributed by atoms with E-state index < -0.39 is 12.1 Å². The van der Waals surface area contributed by atoms with Gasteiger partial charge in [0.15, 0.2) is 6.10 Å². The minimum Gasteiger partial charge on any atom is -0.479 e. The van der Waals surface area contributed by atoms with Gasteiger partial charge in [0.05, 0.1) is 5.69 Å². The molecule has 0 aromatic heterocycles. The first-order valence-corrected chi connectivity index (χ1v) is 9.32. The molecular weight excluding hydrogens is 382 g/mol. The Hall–Kier alpha value is -0.940. The van der Waals surface area contributed by atoms with E-state index in [9.17, 15) is 9.90 Å². The van der Waals surface area contributed by atoms with Gasteiger partial charge in [0.25, 0.3) is 0 Å². The fraction of sp³-hybridized carbons (Fsp3) is 0.588. The van der Waals surface area contributed by atoms with E-state index in [1.165, 1.54) is 0 Å². The molecule has 1 fully saturated rings. The Morgan fingerprint density at radius 3 is 2.65 bits per heavy atom. The predicted octanol–water partition coefficient (Wildman–Crippen LogP) is 4.58. The fourth-order valence-corrected chi connectivity index (χ4v) is 3.26. The molecule has 0 saturated carbocycles. The Kier molecular flexibility index (Phi) is 6.20. The summed E-state index contributed by atoms with van der Waals surface area (Å²) in [5.74, 6) is -0.416. The number of piperidine rings is 1. The van der Waals surface area contributed by atoms with Crippen molar-refractivity contribution in [2.45, 2.75) is 39.2 Å². The molecule has 128 valence electrons. The Bertz CT molecular complexity index is 555. The smallest absolute Gasteiger partial charge is 0.344 e. The molecule has 1 aliphatic rings. The summed E-state index contributed by atoms with van der Waals surface area (Å²) in [6, 6.07) is 5.45. The number of aliphatic carboxylic acids is 1. The third-order valence-electron chi connectivity index (χ3n) is 4.30. The number of anilines is 1. The highest BCUT2D eigenvalue weighted by Crippen LogP contribution is 2.37. The summed E-state index contributed by atoms with van der Waals surface area (Å²) in [5, 5.41) is 10.4. The summed E-state index contributed by atoms with van der Waals surface area (Å²) in [5.41, 5.74) is 1.27. The molecule has 1 aliphatic heterocycles. The summed E-state index contributed by atoms with van der Waals surface area (Å²) in [6.07, 6.45) is 1.71. The van der Waals surface area contributed by atoms with Gasteiger partial charge >= 0.3 is 5.97 Å². The normalized spacial score (nSPS) is 18.5. The Morgan fingerprint density at radius 1 is 1.43 bits per heavy atom. The zero-order chi connectivity index (χ0) is 17.0. The van der Waals surface area contributed by atoms with Gasteiger partial charge in [-0.3, -0.25) is 0 Å². The maximum atomic E-state index is 11.4. The van der Waals surface area contributed by atoms with Crippen molar-refractivity contribution in [3.63, 3.8) is 0 Å². The lowest BCUT2D eigenvalue weighted by atomic mass is 9.82. The van der Waals surface area contributed by atoms with Gasteiger partial charge in [-0.25, -0.2) is 4.79 Å². The van der Waals surface area contributed by atoms with Crippen LogP contribution < -0.4 is 9.64 Å².